The van der Waals surface area contributed by atoms with Gasteiger partial charge in [0.2, 0.25) is 0 Å². The lowest BCUT2D eigenvalue weighted by Crippen LogP contribution is -2.21. The summed E-state index contributed by atoms with van der Waals surface area (Å²) >= 11 is 0. The summed E-state index contributed by atoms with van der Waals surface area (Å²) in [7, 11) is 3.69. The van der Waals surface area contributed by atoms with Crippen LogP contribution in [0.25, 0.3) is 11.3 Å². The van der Waals surface area contributed by atoms with Crippen LogP contribution < -0.4 is 0 Å². The first-order chi connectivity index (χ1) is 9.95. The first-order valence-electron chi connectivity index (χ1n) is 6.64. The van der Waals surface area contributed by atoms with Crippen LogP contribution in [0.15, 0.2) is 30.5 Å². The zero-order valence-electron chi connectivity index (χ0n) is 12.1. The number of hydrogen-bond donors (Lipinski definition) is 1. The van der Waals surface area contributed by atoms with Crippen molar-refractivity contribution in [2.45, 2.75) is 13.0 Å². The van der Waals surface area contributed by atoms with E-state index in [-0.39, 0.29) is 12.2 Å². The van der Waals surface area contributed by atoms with Gasteiger partial charge in [0.05, 0.1) is 12.1 Å². The number of halogens is 1. The number of benzene rings is 1. The standard InChI is InChI=1S/C15H18FN3O2/c1-18(8-7-14(20)21)9-12-10-19(2)17-15(12)11-3-5-13(16)6-4-11/h3-6,10H,7-9H2,1-2H3,(H,20,21). The highest BCUT2D eigenvalue weighted by atomic mass is 19.1. The number of aliphatic carboxylic acids is 1. The molecule has 0 saturated heterocycles. The third-order valence-electron chi connectivity index (χ3n) is 3.17. The van der Waals surface area contributed by atoms with Gasteiger partial charge in [-0.3, -0.25) is 9.48 Å². The fourth-order valence-corrected chi connectivity index (χ4v) is 2.16. The van der Waals surface area contributed by atoms with Crippen molar-refractivity contribution in [1.82, 2.24) is 14.7 Å². The Balaban J connectivity index is 2.17. The summed E-state index contributed by atoms with van der Waals surface area (Å²) in [4.78, 5) is 12.5. The molecule has 0 bridgehead atoms. The van der Waals surface area contributed by atoms with Crippen molar-refractivity contribution in [3.05, 3.63) is 41.8 Å². The maximum Gasteiger partial charge on any atom is 0.304 e. The predicted molar refractivity (Wildman–Crippen MR) is 77.2 cm³/mol. The van der Waals surface area contributed by atoms with Crippen molar-refractivity contribution in [2.24, 2.45) is 7.05 Å². The fourth-order valence-electron chi connectivity index (χ4n) is 2.16. The number of hydrogen-bond acceptors (Lipinski definition) is 3. The third-order valence-corrected chi connectivity index (χ3v) is 3.17. The Bertz CT molecular complexity index is 622. The van der Waals surface area contributed by atoms with E-state index in [0.717, 1.165) is 16.8 Å². The highest BCUT2D eigenvalue weighted by molar-refractivity contribution is 5.67. The van der Waals surface area contributed by atoms with Crippen LogP contribution in [-0.2, 0) is 18.4 Å². The maximum atomic E-state index is 13.0. The summed E-state index contributed by atoms with van der Waals surface area (Å²) in [5.74, 6) is -1.10. The molecule has 112 valence electrons. The molecular weight excluding hydrogens is 273 g/mol. The number of carboxylic acid groups (broad SMARTS) is 1. The van der Waals surface area contributed by atoms with Crippen LogP contribution in [0.4, 0.5) is 4.39 Å². The molecule has 2 aromatic rings. The molecule has 0 spiro atoms. The minimum Gasteiger partial charge on any atom is -0.481 e. The van der Waals surface area contributed by atoms with Gasteiger partial charge in [0.15, 0.2) is 0 Å². The zero-order valence-corrected chi connectivity index (χ0v) is 12.1. The molecule has 5 nitrogen and oxygen atoms in total. The monoisotopic (exact) mass is 291 g/mol. The van der Waals surface area contributed by atoms with E-state index in [9.17, 15) is 9.18 Å². The van der Waals surface area contributed by atoms with E-state index >= 15 is 0 Å². The average Bonchev–Trinajstić information content (AvgIpc) is 2.78. The summed E-state index contributed by atoms with van der Waals surface area (Å²) in [5, 5.41) is 13.1. The van der Waals surface area contributed by atoms with Crippen LogP contribution in [-0.4, -0.2) is 39.3 Å². The van der Waals surface area contributed by atoms with Crippen molar-refractivity contribution in [3.63, 3.8) is 0 Å². The van der Waals surface area contributed by atoms with Crippen molar-refractivity contribution >= 4 is 5.97 Å². The number of carbonyl (C=O) groups is 1. The average molecular weight is 291 g/mol. The molecule has 1 aromatic heterocycles. The first-order valence-corrected chi connectivity index (χ1v) is 6.64. The van der Waals surface area contributed by atoms with Gasteiger partial charge in [-0.1, -0.05) is 0 Å². The van der Waals surface area contributed by atoms with Crippen LogP contribution in [0, 0.1) is 5.82 Å². The highest BCUT2D eigenvalue weighted by Gasteiger charge is 2.13. The van der Waals surface area contributed by atoms with E-state index in [2.05, 4.69) is 5.10 Å². The van der Waals surface area contributed by atoms with E-state index in [1.54, 1.807) is 16.8 Å². The second kappa shape index (κ2) is 6.49. The van der Waals surface area contributed by atoms with E-state index in [4.69, 9.17) is 5.11 Å². The van der Waals surface area contributed by atoms with Crippen molar-refractivity contribution in [3.8, 4) is 11.3 Å². The van der Waals surface area contributed by atoms with Gasteiger partial charge < -0.3 is 10.0 Å². The molecule has 0 aliphatic rings. The van der Waals surface area contributed by atoms with Crippen molar-refractivity contribution in [1.29, 1.82) is 0 Å². The Hall–Kier alpha value is -2.21. The number of aromatic nitrogens is 2. The van der Waals surface area contributed by atoms with Crippen LogP contribution >= 0.6 is 0 Å². The fraction of sp³-hybridized carbons (Fsp3) is 0.333. The van der Waals surface area contributed by atoms with Gasteiger partial charge in [-0.25, -0.2) is 4.39 Å². The van der Waals surface area contributed by atoms with E-state index < -0.39 is 5.97 Å². The van der Waals surface area contributed by atoms with E-state index in [1.165, 1.54) is 12.1 Å². The molecule has 1 aromatic carbocycles. The molecule has 0 amide bonds. The highest BCUT2D eigenvalue weighted by Crippen LogP contribution is 2.23. The summed E-state index contributed by atoms with van der Waals surface area (Å²) in [6.07, 6.45) is 2.00. The smallest absolute Gasteiger partial charge is 0.304 e. The maximum absolute atomic E-state index is 13.0. The summed E-state index contributed by atoms with van der Waals surface area (Å²) < 4.78 is 14.7. The predicted octanol–water partition coefficient (Wildman–Crippen LogP) is 2.13. The van der Waals surface area contributed by atoms with Gasteiger partial charge in [0.25, 0.3) is 0 Å². The Morgan fingerprint density at radius 3 is 2.67 bits per heavy atom. The molecule has 0 aliphatic carbocycles. The van der Waals surface area contributed by atoms with Crippen LogP contribution in [0.3, 0.4) is 0 Å². The Kier molecular flexibility index (Phi) is 4.70. The lowest BCUT2D eigenvalue weighted by atomic mass is 10.1. The number of aryl methyl sites for hydroxylation is 1. The third kappa shape index (κ3) is 4.13. The quantitative estimate of drug-likeness (QED) is 0.886. The molecule has 6 heteroatoms. The van der Waals surface area contributed by atoms with Gasteiger partial charge in [0.1, 0.15) is 5.82 Å². The van der Waals surface area contributed by atoms with Crippen LogP contribution in [0.1, 0.15) is 12.0 Å². The summed E-state index contributed by atoms with van der Waals surface area (Å²) in [6.45, 7) is 1.06. The van der Waals surface area contributed by atoms with Crippen LogP contribution in [0.5, 0.6) is 0 Å². The lowest BCUT2D eigenvalue weighted by molar-refractivity contribution is -0.137. The number of nitrogens with zero attached hydrogens (tertiary/aromatic N) is 3. The lowest BCUT2D eigenvalue weighted by Gasteiger charge is -2.15. The van der Waals surface area contributed by atoms with E-state index in [1.807, 2.05) is 25.2 Å². The minimum atomic E-state index is -0.813. The van der Waals surface area contributed by atoms with Gasteiger partial charge in [-0.05, 0) is 31.3 Å². The summed E-state index contributed by atoms with van der Waals surface area (Å²) in [5.41, 5.74) is 2.62. The first kappa shape index (κ1) is 15.2. The molecule has 0 saturated carbocycles. The molecule has 1 N–H and O–H groups in total. The molecule has 1 heterocycles. The number of carboxylic acids is 1. The van der Waals surface area contributed by atoms with Gasteiger partial charge in [-0.15, -0.1) is 0 Å². The van der Waals surface area contributed by atoms with Crippen molar-refractivity contribution in [2.75, 3.05) is 13.6 Å². The van der Waals surface area contributed by atoms with E-state index in [0.29, 0.717) is 13.1 Å². The van der Waals surface area contributed by atoms with Gasteiger partial charge in [-0.2, -0.15) is 5.10 Å². The van der Waals surface area contributed by atoms with Gasteiger partial charge >= 0.3 is 5.97 Å². The molecule has 21 heavy (non-hydrogen) atoms. The second-order valence-electron chi connectivity index (χ2n) is 5.07. The van der Waals surface area contributed by atoms with Crippen LogP contribution in [0.2, 0.25) is 0 Å². The molecular formula is C15H18FN3O2. The molecule has 0 atom stereocenters. The second-order valence-corrected chi connectivity index (χ2v) is 5.07. The topological polar surface area (TPSA) is 58.4 Å². The normalized spacial score (nSPS) is 11.0. The largest absolute Gasteiger partial charge is 0.481 e. The molecule has 2 rings (SSSR count). The molecule has 0 radical (unpaired) electrons. The zero-order chi connectivity index (χ0) is 15.4. The van der Waals surface area contributed by atoms with Crippen molar-refractivity contribution < 1.29 is 14.3 Å². The SMILES string of the molecule is CN(CCC(=O)O)Cc1cn(C)nc1-c1ccc(F)cc1. The Morgan fingerprint density at radius 2 is 2.05 bits per heavy atom. The molecule has 0 aliphatic heterocycles. The number of rotatable bonds is 6. The Labute approximate surface area is 122 Å². The van der Waals surface area contributed by atoms with Gasteiger partial charge in [0, 0.05) is 37.5 Å². The summed E-state index contributed by atoms with van der Waals surface area (Å²) in [6, 6.07) is 6.20. The molecule has 0 fully saturated rings. The molecule has 0 unspecified atom stereocenters. The Morgan fingerprint density at radius 1 is 1.38 bits per heavy atom. The minimum absolute atomic E-state index is 0.0998.